The molecule has 5 N–H and O–H groups in total. The second-order valence-corrected chi connectivity index (χ2v) is 4.97. The number of carbonyl (C=O) groups is 2. The topological polar surface area (TPSA) is 114 Å². The van der Waals surface area contributed by atoms with Crippen molar-refractivity contribution in [3.05, 3.63) is 24.0 Å². The maximum absolute atomic E-state index is 12.0. The number of pyridine rings is 1. The molecule has 0 saturated carbocycles. The number of piperidine rings is 1. The molecule has 1 aromatic rings. The summed E-state index contributed by atoms with van der Waals surface area (Å²) in [5, 5.41) is 2.94. The van der Waals surface area contributed by atoms with Gasteiger partial charge in [-0.15, -0.1) is 0 Å². The summed E-state index contributed by atoms with van der Waals surface area (Å²) < 4.78 is 0. The molecule has 2 amide bonds. The van der Waals surface area contributed by atoms with E-state index in [2.05, 4.69) is 10.3 Å². The fourth-order valence-electron chi connectivity index (χ4n) is 2.25. The van der Waals surface area contributed by atoms with Crippen molar-refractivity contribution < 1.29 is 9.59 Å². The van der Waals surface area contributed by atoms with Crippen LogP contribution in [0.5, 0.6) is 0 Å². The first-order chi connectivity index (χ1) is 9.54. The SMILES string of the molecule is NC(=O)CN1CCC(NC(=O)c2ccc(N)cn2)CC1. The number of anilines is 1. The fourth-order valence-corrected chi connectivity index (χ4v) is 2.25. The largest absolute Gasteiger partial charge is 0.397 e. The fraction of sp³-hybridized carbons (Fsp3) is 0.462. The van der Waals surface area contributed by atoms with Crippen LogP contribution in [0.25, 0.3) is 0 Å². The molecule has 0 unspecified atom stereocenters. The monoisotopic (exact) mass is 277 g/mol. The van der Waals surface area contributed by atoms with E-state index in [4.69, 9.17) is 11.5 Å². The van der Waals surface area contributed by atoms with Gasteiger partial charge in [0.15, 0.2) is 0 Å². The molecule has 1 aliphatic rings. The molecular weight excluding hydrogens is 258 g/mol. The molecule has 0 atom stereocenters. The average molecular weight is 277 g/mol. The average Bonchev–Trinajstić information content (AvgIpc) is 2.41. The number of nitrogens with zero attached hydrogens (tertiary/aromatic N) is 2. The highest BCUT2D eigenvalue weighted by Gasteiger charge is 2.22. The number of nitrogen functional groups attached to an aromatic ring is 1. The van der Waals surface area contributed by atoms with Crippen molar-refractivity contribution in [2.24, 2.45) is 5.73 Å². The molecule has 108 valence electrons. The van der Waals surface area contributed by atoms with Crippen LogP contribution in [-0.4, -0.2) is 47.4 Å². The molecule has 7 nitrogen and oxygen atoms in total. The Bertz CT molecular complexity index is 480. The maximum atomic E-state index is 12.0. The molecule has 2 rings (SSSR count). The minimum Gasteiger partial charge on any atom is -0.397 e. The van der Waals surface area contributed by atoms with Gasteiger partial charge in [0.2, 0.25) is 5.91 Å². The molecule has 0 spiro atoms. The number of likely N-dealkylation sites (tertiary alicyclic amines) is 1. The predicted octanol–water partition coefficient (Wildman–Crippen LogP) is -0.657. The Balaban J connectivity index is 1.82. The molecular formula is C13H19N5O2. The summed E-state index contributed by atoms with van der Waals surface area (Å²) in [6.45, 7) is 1.78. The number of hydrogen-bond donors (Lipinski definition) is 3. The number of aromatic nitrogens is 1. The van der Waals surface area contributed by atoms with Gasteiger partial charge in [0, 0.05) is 19.1 Å². The van der Waals surface area contributed by atoms with Crippen molar-refractivity contribution in [1.82, 2.24) is 15.2 Å². The van der Waals surface area contributed by atoms with Crippen molar-refractivity contribution in [3.63, 3.8) is 0 Å². The standard InChI is InChI=1S/C13H19N5O2/c14-9-1-2-11(16-7-9)13(20)17-10-3-5-18(6-4-10)8-12(15)19/h1-2,7,10H,3-6,8,14H2,(H2,15,19)(H,17,20). The number of primary amides is 1. The number of nitrogens with two attached hydrogens (primary N) is 2. The molecule has 1 fully saturated rings. The van der Waals surface area contributed by atoms with Gasteiger partial charge in [0.05, 0.1) is 18.4 Å². The van der Waals surface area contributed by atoms with Gasteiger partial charge >= 0.3 is 0 Å². The van der Waals surface area contributed by atoms with Gasteiger partial charge in [-0.2, -0.15) is 0 Å². The summed E-state index contributed by atoms with van der Waals surface area (Å²) in [6, 6.07) is 3.36. The smallest absolute Gasteiger partial charge is 0.270 e. The Morgan fingerprint density at radius 3 is 2.60 bits per heavy atom. The van der Waals surface area contributed by atoms with Gasteiger partial charge in [-0.25, -0.2) is 4.98 Å². The summed E-state index contributed by atoms with van der Waals surface area (Å²) in [5.74, 6) is -0.517. The first-order valence-electron chi connectivity index (χ1n) is 6.57. The van der Waals surface area contributed by atoms with Gasteiger partial charge in [-0.05, 0) is 25.0 Å². The minimum atomic E-state index is -0.321. The van der Waals surface area contributed by atoms with Crippen molar-refractivity contribution in [2.75, 3.05) is 25.4 Å². The number of amides is 2. The highest BCUT2D eigenvalue weighted by atomic mass is 16.2. The summed E-state index contributed by atoms with van der Waals surface area (Å²) in [4.78, 5) is 28.8. The molecule has 1 aliphatic heterocycles. The van der Waals surface area contributed by atoms with Gasteiger partial charge < -0.3 is 16.8 Å². The molecule has 1 aromatic heterocycles. The Hall–Kier alpha value is -2.15. The van der Waals surface area contributed by atoms with Crippen LogP contribution >= 0.6 is 0 Å². The van der Waals surface area contributed by atoms with E-state index in [0.29, 0.717) is 11.4 Å². The third-order valence-electron chi connectivity index (χ3n) is 3.32. The van der Waals surface area contributed by atoms with Gasteiger partial charge in [-0.1, -0.05) is 0 Å². The zero-order chi connectivity index (χ0) is 14.5. The van der Waals surface area contributed by atoms with Crippen molar-refractivity contribution in [2.45, 2.75) is 18.9 Å². The molecule has 0 bridgehead atoms. The quantitative estimate of drug-likeness (QED) is 0.676. The van der Waals surface area contributed by atoms with Crippen LogP contribution in [0.15, 0.2) is 18.3 Å². The second-order valence-electron chi connectivity index (χ2n) is 4.97. The number of carbonyl (C=O) groups excluding carboxylic acids is 2. The Kier molecular flexibility index (Phi) is 4.52. The highest BCUT2D eigenvalue weighted by Crippen LogP contribution is 2.10. The van der Waals surface area contributed by atoms with Crippen LogP contribution in [0.4, 0.5) is 5.69 Å². The third-order valence-corrected chi connectivity index (χ3v) is 3.32. The van der Waals surface area contributed by atoms with Crippen LogP contribution in [-0.2, 0) is 4.79 Å². The van der Waals surface area contributed by atoms with Gasteiger partial charge in [-0.3, -0.25) is 14.5 Å². The van der Waals surface area contributed by atoms with Gasteiger partial charge in [0.1, 0.15) is 5.69 Å². The van der Waals surface area contributed by atoms with E-state index in [9.17, 15) is 9.59 Å². The molecule has 0 radical (unpaired) electrons. The van der Waals surface area contributed by atoms with E-state index in [1.807, 2.05) is 4.90 Å². The van der Waals surface area contributed by atoms with E-state index in [1.54, 1.807) is 12.1 Å². The molecule has 0 aliphatic carbocycles. The van der Waals surface area contributed by atoms with E-state index < -0.39 is 0 Å². The number of hydrogen-bond acceptors (Lipinski definition) is 5. The van der Waals surface area contributed by atoms with Crippen molar-refractivity contribution in [1.29, 1.82) is 0 Å². The number of rotatable bonds is 4. The highest BCUT2D eigenvalue weighted by molar-refractivity contribution is 5.92. The summed E-state index contributed by atoms with van der Waals surface area (Å²) in [5.41, 5.74) is 11.6. The van der Waals surface area contributed by atoms with E-state index in [-0.39, 0.29) is 24.4 Å². The second kappa shape index (κ2) is 6.33. The predicted molar refractivity (Wildman–Crippen MR) is 74.8 cm³/mol. The Morgan fingerprint density at radius 2 is 2.05 bits per heavy atom. The van der Waals surface area contributed by atoms with Crippen LogP contribution in [0, 0.1) is 0 Å². The zero-order valence-corrected chi connectivity index (χ0v) is 11.2. The van der Waals surface area contributed by atoms with Crippen molar-refractivity contribution >= 4 is 17.5 Å². The molecule has 1 saturated heterocycles. The van der Waals surface area contributed by atoms with E-state index in [0.717, 1.165) is 25.9 Å². The Morgan fingerprint density at radius 1 is 1.35 bits per heavy atom. The van der Waals surface area contributed by atoms with Crippen LogP contribution in [0.1, 0.15) is 23.3 Å². The third kappa shape index (κ3) is 3.92. The van der Waals surface area contributed by atoms with E-state index >= 15 is 0 Å². The lowest BCUT2D eigenvalue weighted by atomic mass is 10.0. The summed E-state index contributed by atoms with van der Waals surface area (Å²) in [7, 11) is 0. The molecule has 20 heavy (non-hydrogen) atoms. The summed E-state index contributed by atoms with van der Waals surface area (Å²) >= 11 is 0. The van der Waals surface area contributed by atoms with Crippen LogP contribution in [0.3, 0.4) is 0 Å². The normalized spacial score (nSPS) is 16.8. The van der Waals surface area contributed by atoms with Gasteiger partial charge in [0.25, 0.3) is 5.91 Å². The summed E-state index contributed by atoms with van der Waals surface area (Å²) in [6.07, 6.45) is 3.06. The van der Waals surface area contributed by atoms with Crippen LogP contribution < -0.4 is 16.8 Å². The lowest BCUT2D eigenvalue weighted by molar-refractivity contribution is -0.119. The molecule has 7 heteroatoms. The Labute approximate surface area is 117 Å². The minimum absolute atomic E-state index is 0.103. The van der Waals surface area contributed by atoms with Crippen molar-refractivity contribution in [3.8, 4) is 0 Å². The lowest BCUT2D eigenvalue weighted by Crippen LogP contribution is -2.46. The first-order valence-corrected chi connectivity index (χ1v) is 6.57. The zero-order valence-electron chi connectivity index (χ0n) is 11.2. The molecule has 0 aromatic carbocycles. The maximum Gasteiger partial charge on any atom is 0.270 e. The first kappa shape index (κ1) is 14.3. The molecule has 2 heterocycles. The van der Waals surface area contributed by atoms with E-state index in [1.165, 1.54) is 6.20 Å². The number of nitrogens with one attached hydrogen (secondary N) is 1. The van der Waals surface area contributed by atoms with Crippen LogP contribution in [0.2, 0.25) is 0 Å². The lowest BCUT2D eigenvalue weighted by Gasteiger charge is -2.31.